The van der Waals surface area contributed by atoms with Gasteiger partial charge >= 0.3 is 0 Å². The standard InChI is InChI=1S/C15H18O/c16-15-10-12-6-2-1-5-11(12)9-13-7-3-4-8-14(13)15/h3-4,7-8,11-12H,1-2,5-6,9-10H2/t11-,12-/m0/s1. The lowest BCUT2D eigenvalue weighted by Gasteiger charge is -2.29. The smallest absolute Gasteiger partial charge is 0.163 e. The largest absolute Gasteiger partial charge is 0.294 e. The minimum atomic E-state index is 0.380. The van der Waals surface area contributed by atoms with Crippen LogP contribution in [0.4, 0.5) is 0 Å². The second-order valence-corrected chi connectivity index (χ2v) is 5.29. The number of carbonyl (C=O) groups excluding carboxylic acids is 1. The molecule has 1 saturated carbocycles. The summed E-state index contributed by atoms with van der Waals surface area (Å²) < 4.78 is 0. The highest BCUT2D eigenvalue weighted by Gasteiger charge is 2.31. The summed E-state index contributed by atoms with van der Waals surface area (Å²) >= 11 is 0. The monoisotopic (exact) mass is 214 g/mol. The summed E-state index contributed by atoms with van der Waals surface area (Å²) in [6.45, 7) is 0. The Bertz CT molecular complexity index is 408. The van der Waals surface area contributed by atoms with Crippen molar-refractivity contribution < 1.29 is 4.79 Å². The molecule has 0 spiro atoms. The number of hydrogen-bond donors (Lipinski definition) is 0. The van der Waals surface area contributed by atoms with Crippen molar-refractivity contribution in [3.05, 3.63) is 35.4 Å². The highest BCUT2D eigenvalue weighted by atomic mass is 16.1. The third-order valence-electron chi connectivity index (χ3n) is 4.31. The Morgan fingerprint density at radius 1 is 0.938 bits per heavy atom. The van der Waals surface area contributed by atoms with E-state index in [4.69, 9.17) is 0 Å². The highest BCUT2D eigenvalue weighted by Crippen LogP contribution is 2.38. The molecule has 2 aliphatic rings. The van der Waals surface area contributed by atoms with Gasteiger partial charge in [0.1, 0.15) is 0 Å². The van der Waals surface area contributed by atoms with Crippen LogP contribution in [-0.2, 0) is 6.42 Å². The Balaban J connectivity index is 1.97. The van der Waals surface area contributed by atoms with Gasteiger partial charge in [-0.25, -0.2) is 0 Å². The number of carbonyl (C=O) groups is 1. The van der Waals surface area contributed by atoms with Crippen LogP contribution < -0.4 is 0 Å². The van der Waals surface area contributed by atoms with E-state index in [1.54, 1.807) is 0 Å². The molecule has 0 saturated heterocycles. The fraction of sp³-hybridized carbons (Fsp3) is 0.533. The number of hydrogen-bond acceptors (Lipinski definition) is 1. The van der Waals surface area contributed by atoms with E-state index in [-0.39, 0.29) is 0 Å². The first-order valence-corrected chi connectivity index (χ1v) is 6.45. The third kappa shape index (κ3) is 1.68. The van der Waals surface area contributed by atoms with Gasteiger partial charge in [0.15, 0.2) is 5.78 Å². The van der Waals surface area contributed by atoms with Crippen LogP contribution in [-0.4, -0.2) is 5.78 Å². The van der Waals surface area contributed by atoms with Crippen LogP contribution in [0.25, 0.3) is 0 Å². The van der Waals surface area contributed by atoms with Crippen LogP contribution in [0.2, 0.25) is 0 Å². The molecular weight excluding hydrogens is 196 g/mol. The van der Waals surface area contributed by atoms with Gasteiger partial charge in [-0.1, -0.05) is 37.1 Å². The van der Waals surface area contributed by atoms with E-state index in [9.17, 15) is 4.79 Å². The lowest BCUT2D eigenvalue weighted by Crippen LogP contribution is -2.21. The summed E-state index contributed by atoms with van der Waals surface area (Å²) in [5.41, 5.74) is 2.29. The maximum atomic E-state index is 12.2. The van der Waals surface area contributed by atoms with E-state index in [1.807, 2.05) is 12.1 Å². The van der Waals surface area contributed by atoms with Crippen molar-refractivity contribution in [1.82, 2.24) is 0 Å². The molecule has 1 nitrogen and oxygen atoms in total. The Kier molecular flexibility index (Phi) is 2.55. The number of rotatable bonds is 0. The number of fused-ring (bicyclic) bond motifs is 2. The molecule has 3 rings (SSSR count). The summed E-state index contributed by atoms with van der Waals surface area (Å²) in [7, 11) is 0. The van der Waals surface area contributed by atoms with Gasteiger partial charge in [-0.3, -0.25) is 4.79 Å². The fourth-order valence-electron chi connectivity index (χ4n) is 3.42. The SMILES string of the molecule is O=C1C[C@@H]2CCCC[C@H]2Cc2ccccc21. The van der Waals surface area contributed by atoms with Crippen molar-refractivity contribution in [3.63, 3.8) is 0 Å². The lowest BCUT2D eigenvalue weighted by atomic mass is 9.76. The van der Waals surface area contributed by atoms with E-state index in [0.717, 1.165) is 24.3 Å². The van der Waals surface area contributed by atoms with Crippen LogP contribution in [0, 0.1) is 11.8 Å². The maximum Gasteiger partial charge on any atom is 0.163 e. The summed E-state index contributed by atoms with van der Waals surface area (Å²) in [6, 6.07) is 8.21. The van der Waals surface area contributed by atoms with Gasteiger partial charge in [0, 0.05) is 12.0 Å². The van der Waals surface area contributed by atoms with Gasteiger partial charge in [0.2, 0.25) is 0 Å². The van der Waals surface area contributed by atoms with E-state index in [0.29, 0.717) is 11.7 Å². The predicted octanol–water partition coefficient (Wildman–Crippen LogP) is 3.62. The minimum absolute atomic E-state index is 0.380. The molecule has 0 amide bonds. The number of ketones is 1. The zero-order valence-corrected chi connectivity index (χ0v) is 9.61. The third-order valence-corrected chi connectivity index (χ3v) is 4.31. The van der Waals surface area contributed by atoms with Crippen LogP contribution in [0.15, 0.2) is 24.3 Å². The molecule has 1 aromatic rings. The van der Waals surface area contributed by atoms with Crippen molar-refractivity contribution in [3.8, 4) is 0 Å². The molecule has 84 valence electrons. The molecule has 1 aromatic carbocycles. The van der Waals surface area contributed by atoms with Gasteiger partial charge in [-0.05, 0) is 36.7 Å². The molecule has 1 heteroatoms. The normalized spacial score (nSPS) is 29.1. The van der Waals surface area contributed by atoms with Crippen molar-refractivity contribution in [2.75, 3.05) is 0 Å². The molecule has 2 atom stereocenters. The van der Waals surface area contributed by atoms with Crippen molar-refractivity contribution in [2.45, 2.75) is 38.5 Å². The number of Topliss-reactive ketones (excluding diaryl/α,β-unsaturated/α-hetero) is 1. The average Bonchev–Trinajstić information content (AvgIpc) is 2.45. The van der Waals surface area contributed by atoms with Gasteiger partial charge in [-0.2, -0.15) is 0 Å². The number of benzene rings is 1. The van der Waals surface area contributed by atoms with Gasteiger partial charge in [-0.15, -0.1) is 0 Å². The average molecular weight is 214 g/mol. The molecule has 0 bridgehead atoms. The Hall–Kier alpha value is -1.11. The van der Waals surface area contributed by atoms with Crippen molar-refractivity contribution >= 4 is 5.78 Å². The van der Waals surface area contributed by atoms with Gasteiger partial charge in [0.05, 0.1) is 0 Å². The molecule has 1 fully saturated rings. The van der Waals surface area contributed by atoms with Crippen LogP contribution in [0.5, 0.6) is 0 Å². The van der Waals surface area contributed by atoms with Crippen LogP contribution >= 0.6 is 0 Å². The zero-order chi connectivity index (χ0) is 11.0. The molecule has 0 radical (unpaired) electrons. The second-order valence-electron chi connectivity index (χ2n) is 5.29. The van der Waals surface area contributed by atoms with Gasteiger partial charge in [0.25, 0.3) is 0 Å². The molecule has 16 heavy (non-hydrogen) atoms. The summed E-state index contributed by atoms with van der Waals surface area (Å²) in [4.78, 5) is 12.2. The minimum Gasteiger partial charge on any atom is -0.294 e. The second kappa shape index (κ2) is 4.04. The lowest BCUT2D eigenvalue weighted by molar-refractivity contribution is 0.0934. The Morgan fingerprint density at radius 2 is 1.62 bits per heavy atom. The molecule has 0 aromatic heterocycles. The quantitative estimate of drug-likeness (QED) is 0.644. The van der Waals surface area contributed by atoms with Gasteiger partial charge < -0.3 is 0 Å². The van der Waals surface area contributed by atoms with E-state index >= 15 is 0 Å². The maximum absolute atomic E-state index is 12.2. The molecule has 0 unspecified atom stereocenters. The first-order chi connectivity index (χ1) is 7.84. The zero-order valence-electron chi connectivity index (χ0n) is 9.61. The van der Waals surface area contributed by atoms with Crippen LogP contribution in [0.1, 0.15) is 48.0 Å². The Labute approximate surface area is 96.9 Å². The molecule has 0 N–H and O–H groups in total. The molecule has 2 aliphatic carbocycles. The first kappa shape index (κ1) is 10.1. The highest BCUT2D eigenvalue weighted by molar-refractivity contribution is 5.98. The molecule has 0 aliphatic heterocycles. The molecule has 0 heterocycles. The Morgan fingerprint density at radius 3 is 2.44 bits per heavy atom. The summed E-state index contributed by atoms with van der Waals surface area (Å²) in [5.74, 6) is 1.81. The van der Waals surface area contributed by atoms with Crippen LogP contribution in [0.3, 0.4) is 0 Å². The topological polar surface area (TPSA) is 17.1 Å². The van der Waals surface area contributed by atoms with Crippen molar-refractivity contribution in [2.24, 2.45) is 11.8 Å². The van der Waals surface area contributed by atoms with E-state index < -0.39 is 0 Å². The summed E-state index contributed by atoms with van der Waals surface area (Å²) in [6.07, 6.45) is 7.20. The van der Waals surface area contributed by atoms with E-state index in [1.165, 1.54) is 31.2 Å². The molecular formula is C15H18O. The first-order valence-electron chi connectivity index (χ1n) is 6.45. The fourth-order valence-corrected chi connectivity index (χ4v) is 3.42. The van der Waals surface area contributed by atoms with E-state index in [2.05, 4.69) is 12.1 Å². The summed E-state index contributed by atoms with van der Waals surface area (Å²) in [5, 5.41) is 0. The van der Waals surface area contributed by atoms with Crippen molar-refractivity contribution in [1.29, 1.82) is 0 Å². The predicted molar refractivity (Wildman–Crippen MR) is 64.5 cm³/mol.